The number of hydrogen-bond donors (Lipinski definition) is 1. The van der Waals surface area contributed by atoms with Crippen molar-refractivity contribution in [2.45, 2.75) is 32.4 Å². The van der Waals surface area contributed by atoms with E-state index in [1.807, 2.05) is 24.3 Å². The van der Waals surface area contributed by atoms with Gasteiger partial charge < -0.3 is 10.2 Å². The molecule has 2 rings (SSSR count). The third-order valence-corrected chi connectivity index (χ3v) is 3.64. The van der Waals surface area contributed by atoms with Crippen molar-refractivity contribution in [2.75, 3.05) is 6.54 Å². The molecule has 2 amide bonds. The molecular weight excluding hydrogens is 308 g/mol. The Hall–Kier alpha value is -1.36. The molecule has 0 aromatic heterocycles. The molecule has 0 aliphatic carbocycles. The summed E-state index contributed by atoms with van der Waals surface area (Å²) in [7, 11) is 0. The van der Waals surface area contributed by atoms with Crippen LogP contribution in [0.2, 0.25) is 0 Å². The smallest absolute Gasteiger partial charge is 0.248 e. The van der Waals surface area contributed by atoms with Crippen molar-refractivity contribution < 1.29 is 9.59 Å². The molecule has 19 heavy (non-hydrogen) atoms. The third kappa shape index (κ3) is 3.35. The van der Waals surface area contributed by atoms with E-state index in [9.17, 15) is 9.59 Å². The SMILES string of the molecule is CC1(C)NC(=O)CCN(Cc2cccc(Br)c2)C1=O. The molecular formula is C14H17BrN2O2. The van der Waals surface area contributed by atoms with E-state index < -0.39 is 5.54 Å². The highest BCUT2D eigenvalue weighted by Gasteiger charge is 2.36. The van der Waals surface area contributed by atoms with Gasteiger partial charge in [-0.3, -0.25) is 9.59 Å². The Morgan fingerprint density at radius 2 is 2.11 bits per heavy atom. The summed E-state index contributed by atoms with van der Waals surface area (Å²) in [6, 6.07) is 7.85. The Morgan fingerprint density at radius 3 is 2.79 bits per heavy atom. The maximum absolute atomic E-state index is 12.4. The number of carbonyl (C=O) groups excluding carboxylic acids is 2. The largest absolute Gasteiger partial charge is 0.342 e. The standard InChI is InChI=1S/C14H17BrN2O2/c1-14(2)13(19)17(7-6-12(18)16-14)9-10-4-3-5-11(15)8-10/h3-5,8H,6-7,9H2,1-2H3,(H,16,18). The van der Waals surface area contributed by atoms with Gasteiger partial charge in [-0.25, -0.2) is 0 Å². The van der Waals surface area contributed by atoms with Crippen molar-refractivity contribution in [1.82, 2.24) is 10.2 Å². The number of hydrogen-bond acceptors (Lipinski definition) is 2. The fourth-order valence-corrected chi connectivity index (χ4v) is 2.65. The van der Waals surface area contributed by atoms with Gasteiger partial charge in [-0.2, -0.15) is 0 Å². The molecule has 1 aromatic rings. The third-order valence-electron chi connectivity index (χ3n) is 3.15. The number of benzene rings is 1. The van der Waals surface area contributed by atoms with Gasteiger partial charge in [-0.15, -0.1) is 0 Å². The molecule has 0 spiro atoms. The van der Waals surface area contributed by atoms with Crippen LogP contribution in [0, 0.1) is 0 Å². The Labute approximate surface area is 121 Å². The van der Waals surface area contributed by atoms with Crippen molar-refractivity contribution in [1.29, 1.82) is 0 Å². The average molecular weight is 325 g/mol. The number of nitrogens with zero attached hydrogens (tertiary/aromatic N) is 1. The second-order valence-corrected chi connectivity index (χ2v) is 6.20. The highest BCUT2D eigenvalue weighted by atomic mass is 79.9. The molecule has 1 heterocycles. The first-order valence-electron chi connectivity index (χ1n) is 6.23. The first-order valence-corrected chi connectivity index (χ1v) is 7.02. The quantitative estimate of drug-likeness (QED) is 0.905. The maximum Gasteiger partial charge on any atom is 0.248 e. The molecule has 0 radical (unpaired) electrons. The van der Waals surface area contributed by atoms with Crippen molar-refractivity contribution >= 4 is 27.7 Å². The lowest BCUT2D eigenvalue weighted by Gasteiger charge is -2.28. The number of halogens is 1. The van der Waals surface area contributed by atoms with Crippen LogP contribution in [0.5, 0.6) is 0 Å². The van der Waals surface area contributed by atoms with Crippen LogP contribution < -0.4 is 5.32 Å². The molecule has 1 aliphatic rings. The summed E-state index contributed by atoms with van der Waals surface area (Å²) in [5, 5.41) is 2.76. The van der Waals surface area contributed by atoms with Gasteiger partial charge in [0.15, 0.2) is 0 Å². The summed E-state index contributed by atoms with van der Waals surface area (Å²) in [5.41, 5.74) is 0.215. The van der Waals surface area contributed by atoms with E-state index in [1.165, 1.54) is 0 Å². The van der Waals surface area contributed by atoms with Gasteiger partial charge in [0.2, 0.25) is 11.8 Å². The number of carbonyl (C=O) groups is 2. The van der Waals surface area contributed by atoms with Gasteiger partial charge in [-0.05, 0) is 31.5 Å². The van der Waals surface area contributed by atoms with E-state index >= 15 is 0 Å². The fraction of sp³-hybridized carbons (Fsp3) is 0.429. The molecule has 0 saturated carbocycles. The molecule has 1 N–H and O–H groups in total. The summed E-state index contributed by atoms with van der Waals surface area (Å²) >= 11 is 3.42. The van der Waals surface area contributed by atoms with Crippen molar-refractivity contribution in [3.05, 3.63) is 34.3 Å². The summed E-state index contributed by atoms with van der Waals surface area (Å²) < 4.78 is 0.987. The molecule has 5 heteroatoms. The van der Waals surface area contributed by atoms with Gasteiger partial charge in [0.1, 0.15) is 5.54 Å². The Kier molecular flexibility index (Phi) is 3.94. The Bertz CT molecular complexity index is 514. The molecule has 1 aromatic carbocycles. The second-order valence-electron chi connectivity index (χ2n) is 5.28. The number of amides is 2. The van der Waals surface area contributed by atoms with Crippen molar-refractivity contribution in [3.8, 4) is 0 Å². The van der Waals surface area contributed by atoms with Crippen LogP contribution in [0.3, 0.4) is 0 Å². The van der Waals surface area contributed by atoms with Crippen LogP contribution in [-0.2, 0) is 16.1 Å². The molecule has 102 valence electrons. The number of nitrogens with one attached hydrogen (secondary N) is 1. The van der Waals surface area contributed by atoms with E-state index in [0.29, 0.717) is 19.5 Å². The van der Waals surface area contributed by atoms with E-state index in [2.05, 4.69) is 21.2 Å². The summed E-state index contributed by atoms with van der Waals surface area (Å²) in [6.45, 7) is 4.47. The van der Waals surface area contributed by atoms with Crippen LogP contribution in [0.4, 0.5) is 0 Å². The molecule has 1 fully saturated rings. The maximum atomic E-state index is 12.4. The highest BCUT2D eigenvalue weighted by molar-refractivity contribution is 9.10. The van der Waals surface area contributed by atoms with Crippen LogP contribution >= 0.6 is 15.9 Å². The lowest BCUT2D eigenvalue weighted by atomic mass is 10.0. The molecule has 4 nitrogen and oxygen atoms in total. The first-order chi connectivity index (χ1) is 8.88. The van der Waals surface area contributed by atoms with Gasteiger partial charge >= 0.3 is 0 Å². The average Bonchev–Trinajstić information content (AvgIpc) is 2.40. The van der Waals surface area contributed by atoms with Gasteiger partial charge in [0, 0.05) is 24.0 Å². The minimum atomic E-state index is -0.834. The Morgan fingerprint density at radius 1 is 1.37 bits per heavy atom. The zero-order valence-electron chi connectivity index (χ0n) is 11.1. The highest BCUT2D eigenvalue weighted by Crippen LogP contribution is 2.18. The van der Waals surface area contributed by atoms with E-state index in [4.69, 9.17) is 0 Å². The lowest BCUT2D eigenvalue weighted by molar-refractivity contribution is -0.137. The lowest BCUT2D eigenvalue weighted by Crippen LogP contribution is -2.52. The van der Waals surface area contributed by atoms with Crippen LogP contribution in [0.25, 0.3) is 0 Å². The molecule has 1 aliphatic heterocycles. The van der Waals surface area contributed by atoms with Crippen molar-refractivity contribution in [3.63, 3.8) is 0 Å². The molecule has 0 unspecified atom stereocenters. The molecule has 0 bridgehead atoms. The zero-order chi connectivity index (χ0) is 14.0. The summed E-state index contributed by atoms with van der Waals surface area (Å²) in [4.78, 5) is 25.7. The van der Waals surface area contributed by atoms with Crippen LogP contribution in [-0.4, -0.2) is 28.8 Å². The summed E-state index contributed by atoms with van der Waals surface area (Å²) in [5.74, 6) is -0.117. The molecule has 0 atom stereocenters. The van der Waals surface area contributed by atoms with Crippen molar-refractivity contribution in [2.24, 2.45) is 0 Å². The fourth-order valence-electron chi connectivity index (χ4n) is 2.20. The van der Waals surface area contributed by atoms with Gasteiger partial charge in [0.25, 0.3) is 0 Å². The van der Waals surface area contributed by atoms with E-state index in [1.54, 1.807) is 18.7 Å². The molecule has 1 saturated heterocycles. The normalized spacial score (nSPS) is 19.0. The van der Waals surface area contributed by atoms with Crippen LogP contribution in [0.15, 0.2) is 28.7 Å². The Balaban J connectivity index is 2.19. The topological polar surface area (TPSA) is 49.4 Å². The van der Waals surface area contributed by atoms with Gasteiger partial charge in [0.05, 0.1) is 0 Å². The monoisotopic (exact) mass is 324 g/mol. The predicted octanol–water partition coefficient (Wildman–Crippen LogP) is 2.08. The zero-order valence-corrected chi connectivity index (χ0v) is 12.7. The predicted molar refractivity (Wildman–Crippen MR) is 76.4 cm³/mol. The summed E-state index contributed by atoms with van der Waals surface area (Å²) in [6.07, 6.45) is 0.350. The minimum absolute atomic E-state index is 0.0432. The van der Waals surface area contributed by atoms with Crippen LogP contribution in [0.1, 0.15) is 25.8 Å². The minimum Gasteiger partial charge on any atom is -0.342 e. The van der Waals surface area contributed by atoms with E-state index in [-0.39, 0.29) is 11.8 Å². The van der Waals surface area contributed by atoms with E-state index in [0.717, 1.165) is 10.0 Å². The number of rotatable bonds is 2. The van der Waals surface area contributed by atoms with Gasteiger partial charge in [-0.1, -0.05) is 28.1 Å². The first kappa shape index (κ1) is 14.1. The second kappa shape index (κ2) is 5.33.